The van der Waals surface area contributed by atoms with Gasteiger partial charge in [0.25, 0.3) is 0 Å². The Morgan fingerprint density at radius 3 is 2.70 bits per heavy atom. The first kappa shape index (κ1) is 15.0. The number of carbonyl (C=O) groups excluding carboxylic acids is 1. The number of hydrogen-bond donors (Lipinski definition) is 0. The van der Waals surface area contributed by atoms with E-state index >= 15 is 0 Å². The summed E-state index contributed by atoms with van der Waals surface area (Å²) in [5.74, 6) is -0.193. The predicted molar refractivity (Wildman–Crippen MR) is 79.6 cm³/mol. The fourth-order valence-electron chi connectivity index (χ4n) is 2.43. The maximum Gasteiger partial charge on any atom is 0.306 e. The van der Waals surface area contributed by atoms with Crippen LogP contribution in [-0.2, 0) is 20.3 Å². The first-order valence-electron chi connectivity index (χ1n) is 6.87. The molecule has 20 heavy (non-hydrogen) atoms. The van der Waals surface area contributed by atoms with Crippen LogP contribution in [0.2, 0.25) is 0 Å². The molecule has 0 aliphatic heterocycles. The minimum absolute atomic E-state index is 0.0401. The van der Waals surface area contributed by atoms with Crippen molar-refractivity contribution in [3.63, 3.8) is 0 Å². The normalized spacial score (nSPS) is 20.1. The van der Waals surface area contributed by atoms with Crippen LogP contribution in [0.25, 0.3) is 0 Å². The lowest BCUT2D eigenvalue weighted by atomic mass is 9.93. The van der Waals surface area contributed by atoms with Gasteiger partial charge in [0.05, 0.1) is 24.3 Å². The average Bonchev–Trinajstić information content (AvgIpc) is 2.48. The molecule has 108 valence electrons. The monoisotopic (exact) mass is 292 g/mol. The molecular formula is C16H20O3S. The minimum Gasteiger partial charge on any atom is -0.469 e. The predicted octanol–water partition coefficient (Wildman–Crippen LogP) is 3.35. The molecule has 0 N–H and O–H groups in total. The van der Waals surface area contributed by atoms with Gasteiger partial charge in [0.2, 0.25) is 0 Å². The highest BCUT2D eigenvalue weighted by Crippen LogP contribution is 2.32. The third-order valence-electron chi connectivity index (χ3n) is 3.59. The molecule has 0 heterocycles. The lowest BCUT2D eigenvalue weighted by Gasteiger charge is -2.22. The first-order valence-corrected chi connectivity index (χ1v) is 8.02. The summed E-state index contributed by atoms with van der Waals surface area (Å²) in [4.78, 5) is 13.2. The second-order valence-electron chi connectivity index (χ2n) is 5.10. The SMILES string of the molecule is COC(=O)C[C@@H]1CCCC=C1S(=O)c1ccc(C)cc1. The van der Waals surface area contributed by atoms with Crippen molar-refractivity contribution in [3.05, 3.63) is 40.8 Å². The number of aryl methyl sites for hydroxylation is 1. The van der Waals surface area contributed by atoms with E-state index in [4.69, 9.17) is 4.74 Å². The van der Waals surface area contributed by atoms with Gasteiger partial charge in [-0.05, 0) is 38.3 Å². The average molecular weight is 292 g/mol. The summed E-state index contributed by atoms with van der Waals surface area (Å²) in [6, 6.07) is 7.73. The zero-order chi connectivity index (χ0) is 14.5. The summed E-state index contributed by atoms with van der Waals surface area (Å²) in [5, 5.41) is 0. The second kappa shape index (κ2) is 6.84. The van der Waals surface area contributed by atoms with Crippen molar-refractivity contribution >= 4 is 16.8 Å². The quantitative estimate of drug-likeness (QED) is 0.799. The molecule has 0 saturated heterocycles. The highest BCUT2D eigenvalue weighted by Gasteiger charge is 2.25. The molecule has 3 nitrogen and oxygen atoms in total. The highest BCUT2D eigenvalue weighted by atomic mass is 32.2. The molecule has 4 heteroatoms. The van der Waals surface area contributed by atoms with Crippen LogP contribution in [0.3, 0.4) is 0 Å². The molecule has 0 saturated carbocycles. The topological polar surface area (TPSA) is 43.4 Å². The Bertz CT molecular complexity index is 531. The Balaban J connectivity index is 2.19. The number of benzene rings is 1. The zero-order valence-electron chi connectivity index (χ0n) is 11.9. The van der Waals surface area contributed by atoms with Gasteiger partial charge < -0.3 is 4.74 Å². The number of ether oxygens (including phenoxy) is 1. The first-order chi connectivity index (χ1) is 9.61. The van der Waals surface area contributed by atoms with Crippen LogP contribution in [0.4, 0.5) is 0 Å². The lowest BCUT2D eigenvalue weighted by molar-refractivity contribution is -0.141. The van der Waals surface area contributed by atoms with Crippen molar-refractivity contribution in [2.24, 2.45) is 5.92 Å². The van der Waals surface area contributed by atoms with Gasteiger partial charge in [0.1, 0.15) is 0 Å². The molecule has 0 bridgehead atoms. The van der Waals surface area contributed by atoms with E-state index in [1.54, 1.807) is 0 Å². The Morgan fingerprint density at radius 1 is 1.35 bits per heavy atom. The van der Waals surface area contributed by atoms with E-state index in [0.29, 0.717) is 6.42 Å². The number of esters is 1. The molecule has 2 rings (SSSR count). The van der Waals surface area contributed by atoms with Crippen LogP contribution >= 0.6 is 0 Å². The molecule has 1 aromatic carbocycles. The Hall–Kier alpha value is -1.42. The van der Waals surface area contributed by atoms with Gasteiger partial charge in [-0.15, -0.1) is 0 Å². The summed E-state index contributed by atoms with van der Waals surface area (Å²) < 4.78 is 17.4. The molecular weight excluding hydrogens is 272 g/mol. The molecule has 0 radical (unpaired) electrons. The maximum absolute atomic E-state index is 12.7. The smallest absolute Gasteiger partial charge is 0.306 e. The minimum atomic E-state index is -1.17. The number of rotatable bonds is 4. The van der Waals surface area contributed by atoms with Gasteiger partial charge in [-0.1, -0.05) is 23.8 Å². The van der Waals surface area contributed by atoms with Crippen molar-refractivity contribution in [1.29, 1.82) is 0 Å². The van der Waals surface area contributed by atoms with E-state index in [0.717, 1.165) is 34.6 Å². The van der Waals surface area contributed by atoms with E-state index in [9.17, 15) is 9.00 Å². The van der Waals surface area contributed by atoms with Crippen LogP contribution in [-0.4, -0.2) is 17.3 Å². The van der Waals surface area contributed by atoms with Crippen LogP contribution in [0, 0.1) is 12.8 Å². The Labute approximate surface area is 122 Å². The van der Waals surface area contributed by atoms with Crippen molar-refractivity contribution < 1.29 is 13.7 Å². The largest absolute Gasteiger partial charge is 0.469 e. The zero-order valence-corrected chi connectivity index (χ0v) is 12.7. The van der Waals surface area contributed by atoms with Crippen molar-refractivity contribution in [3.8, 4) is 0 Å². The molecule has 1 aromatic rings. The van der Waals surface area contributed by atoms with Crippen molar-refractivity contribution in [2.45, 2.75) is 37.5 Å². The summed E-state index contributed by atoms with van der Waals surface area (Å²) in [6.45, 7) is 2.01. The molecule has 0 aromatic heterocycles. The maximum atomic E-state index is 12.7. The van der Waals surface area contributed by atoms with Crippen molar-refractivity contribution in [1.82, 2.24) is 0 Å². The molecule has 0 spiro atoms. The van der Waals surface area contributed by atoms with Crippen LogP contribution < -0.4 is 0 Å². The van der Waals surface area contributed by atoms with Crippen LogP contribution in [0.5, 0.6) is 0 Å². The molecule has 1 aliphatic rings. The molecule has 2 atom stereocenters. The second-order valence-corrected chi connectivity index (χ2v) is 6.58. The highest BCUT2D eigenvalue weighted by molar-refractivity contribution is 7.89. The summed E-state index contributed by atoms with van der Waals surface area (Å²) in [7, 11) is 0.221. The van der Waals surface area contributed by atoms with Gasteiger partial charge in [0.15, 0.2) is 0 Å². The number of hydrogen-bond acceptors (Lipinski definition) is 3. The Kier molecular flexibility index (Phi) is 5.12. The number of carbonyl (C=O) groups is 1. The van der Waals surface area contributed by atoms with E-state index in [2.05, 4.69) is 0 Å². The van der Waals surface area contributed by atoms with E-state index < -0.39 is 10.8 Å². The van der Waals surface area contributed by atoms with Gasteiger partial charge >= 0.3 is 5.97 Å². The van der Waals surface area contributed by atoms with Gasteiger partial charge in [-0.2, -0.15) is 0 Å². The van der Waals surface area contributed by atoms with Crippen LogP contribution in [0.15, 0.2) is 40.1 Å². The summed E-state index contributed by atoms with van der Waals surface area (Å²) in [6.07, 6.45) is 5.23. The standard InChI is InChI=1S/C16H20O3S/c1-12-7-9-14(10-8-12)20(18)15-6-4-3-5-13(15)11-16(17)19-2/h6-10,13H,3-5,11H2,1-2H3/t13-,20?/m0/s1. The van der Waals surface area contributed by atoms with Crippen LogP contribution in [0.1, 0.15) is 31.2 Å². The molecule has 1 unspecified atom stereocenters. The van der Waals surface area contributed by atoms with E-state index in [1.807, 2.05) is 37.3 Å². The van der Waals surface area contributed by atoms with E-state index in [-0.39, 0.29) is 11.9 Å². The molecule has 0 amide bonds. The number of allylic oxidation sites excluding steroid dienone is 2. The van der Waals surface area contributed by atoms with E-state index in [1.165, 1.54) is 7.11 Å². The third-order valence-corrected chi connectivity index (χ3v) is 5.22. The van der Waals surface area contributed by atoms with Gasteiger partial charge in [-0.3, -0.25) is 4.79 Å². The fourth-order valence-corrected chi connectivity index (χ4v) is 3.86. The van der Waals surface area contributed by atoms with Gasteiger partial charge in [-0.25, -0.2) is 4.21 Å². The molecule has 1 aliphatic carbocycles. The third kappa shape index (κ3) is 3.57. The lowest BCUT2D eigenvalue weighted by Crippen LogP contribution is -2.17. The molecule has 0 fully saturated rings. The summed E-state index contributed by atoms with van der Waals surface area (Å²) >= 11 is 0. The fraction of sp³-hybridized carbons (Fsp3) is 0.438. The number of methoxy groups -OCH3 is 1. The van der Waals surface area contributed by atoms with Gasteiger partial charge in [0, 0.05) is 15.7 Å². The van der Waals surface area contributed by atoms with Crippen molar-refractivity contribution in [2.75, 3.05) is 7.11 Å². The Morgan fingerprint density at radius 2 is 2.05 bits per heavy atom. The summed E-state index contributed by atoms with van der Waals surface area (Å²) in [5.41, 5.74) is 1.15.